The van der Waals surface area contributed by atoms with E-state index < -0.39 is 5.72 Å². The zero-order valence-electron chi connectivity index (χ0n) is 19.2. The molecule has 2 atom stereocenters. The molecule has 168 valence electrons. The fourth-order valence-electron chi connectivity index (χ4n) is 4.60. The average molecular weight is 430 g/mol. The van der Waals surface area contributed by atoms with Crippen LogP contribution in [-0.4, -0.2) is 30.3 Å². The Hall–Kier alpha value is -2.46. The molecular formula is C29H35NO2. The Morgan fingerprint density at radius 2 is 1.38 bits per heavy atom. The summed E-state index contributed by atoms with van der Waals surface area (Å²) in [6.45, 7) is 6.12. The second-order valence-electron chi connectivity index (χ2n) is 8.91. The largest absolute Gasteiger partial charge is 0.372 e. The van der Waals surface area contributed by atoms with E-state index in [4.69, 9.17) is 9.47 Å². The van der Waals surface area contributed by atoms with Gasteiger partial charge in [-0.2, -0.15) is 0 Å². The Labute approximate surface area is 193 Å². The van der Waals surface area contributed by atoms with E-state index in [1.54, 1.807) is 0 Å². The van der Waals surface area contributed by atoms with Crippen molar-refractivity contribution in [2.75, 3.05) is 19.7 Å². The summed E-state index contributed by atoms with van der Waals surface area (Å²) in [7, 11) is 0. The van der Waals surface area contributed by atoms with E-state index in [0.717, 1.165) is 19.5 Å². The van der Waals surface area contributed by atoms with Gasteiger partial charge in [0, 0.05) is 13.1 Å². The fourth-order valence-corrected chi connectivity index (χ4v) is 4.60. The molecule has 2 unspecified atom stereocenters. The van der Waals surface area contributed by atoms with Crippen molar-refractivity contribution in [3.8, 4) is 0 Å². The van der Waals surface area contributed by atoms with Gasteiger partial charge in [0.25, 0.3) is 0 Å². The van der Waals surface area contributed by atoms with E-state index in [-0.39, 0.29) is 0 Å². The van der Waals surface area contributed by atoms with Gasteiger partial charge in [0.05, 0.1) is 19.8 Å². The Balaban J connectivity index is 1.50. The van der Waals surface area contributed by atoms with Gasteiger partial charge in [-0.3, -0.25) is 4.90 Å². The Morgan fingerprint density at radius 1 is 0.781 bits per heavy atom. The van der Waals surface area contributed by atoms with Crippen LogP contribution in [0.3, 0.4) is 0 Å². The number of hydrogen-bond donors (Lipinski definition) is 0. The van der Waals surface area contributed by atoms with Gasteiger partial charge in [-0.25, -0.2) is 0 Å². The van der Waals surface area contributed by atoms with E-state index in [1.165, 1.54) is 29.5 Å². The Kier molecular flexibility index (Phi) is 8.11. The summed E-state index contributed by atoms with van der Waals surface area (Å²) in [6.07, 6.45) is 3.37. The third-order valence-corrected chi connectivity index (χ3v) is 6.47. The van der Waals surface area contributed by atoms with Crippen LogP contribution in [-0.2, 0) is 22.7 Å². The average Bonchev–Trinajstić information content (AvgIpc) is 2.86. The molecule has 32 heavy (non-hydrogen) atoms. The van der Waals surface area contributed by atoms with E-state index >= 15 is 0 Å². The summed E-state index contributed by atoms with van der Waals surface area (Å²) in [5.41, 5.74) is 3.38. The molecule has 0 bridgehead atoms. The minimum Gasteiger partial charge on any atom is -0.372 e. The number of nitrogens with zero attached hydrogens (tertiary/aromatic N) is 1. The van der Waals surface area contributed by atoms with Crippen LogP contribution in [0.4, 0.5) is 0 Å². The third kappa shape index (κ3) is 6.07. The van der Waals surface area contributed by atoms with Crippen LogP contribution < -0.4 is 0 Å². The maximum atomic E-state index is 6.74. The highest BCUT2D eigenvalue weighted by atomic mass is 16.6. The summed E-state index contributed by atoms with van der Waals surface area (Å²) in [5.74, 6) is 0.433. The SMILES string of the molecule is CC(CN1CCCCC1(COCc1ccccc1)OCc1ccccc1)c1ccccc1. The number of piperidine rings is 1. The second kappa shape index (κ2) is 11.4. The molecule has 1 aliphatic rings. The van der Waals surface area contributed by atoms with Gasteiger partial charge in [0.15, 0.2) is 0 Å². The molecule has 1 heterocycles. The highest BCUT2D eigenvalue weighted by Gasteiger charge is 2.41. The molecule has 1 aliphatic heterocycles. The van der Waals surface area contributed by atoms with Gasteiger partial charge in [-0.05, 0) is 41.9 Å². The molecule has 3 heteroatoms. The van der Waals surface area contributed by atoms with Crippen molar-refractivity contribution in [2.24, 2.45) is 0 Å². The standard InChI is InChI=1S/C29H35NO2/c1-25(28-17-9-4-10-18-28)21-30-20-12-11-19-29(30,32-23-27-15-7-3-8-16-27)24-31-22-26-13-5-2-6-14-26/h2-10,13-18,25H,11-12,19-24H2,1H3. The van der Waals surface area contributed by atoms with Crippen LogP contribution in [0, 0.1) is 0 Å². The van der Waals surface area contributed by atoms with Crippen molar-refractivity contribution < 1.29 is 9.47 Å². The van der Waals surface area contributed by atoms with Gasteiger partial charge < -0.3 is 9.47 Å². The summed E-state index contributed by atoms with van der Waals surface area (Å²) in [4.78, 5) is 2.54. The van der Waals surface area contributed by atoms with Crippen molar-refractivity contribution >= 4 is 0 Å². The number of likely N-dealkylation sites (tertiary alicyclic amines) is 1. The van der Waals surface area contributed by atoms with E-state index in [2.05, 4.69) is 96.8 Å². The molecule has 3 aromatic rings. The maximum Gasteiger partial charge on any atom is 0.145 e. The molecule has 0 radical (unpaired) electrons. The van der Waals surface area contributed by atoms with Crippen molar-refractivity contribution in [1.29, 1.82) is 0 Å². The van der Waals surface area contributed by atoms with Gasteiger partial charge in [0.1, 0.15) is 5.72 Å². The van der Waals surface area contributed by atoms with E-state index in [9.17, 15) is 0 Å². The lowest BCUT2D eigenvalue weighted by atomic mass is 9.94. The van der Waals surface area contributed by atoms with Crippen LogP contribution in [0.5, 0.6) is 0 Å². The molecule has 0 N–H and O–H groups in total. The lowest BCUT2D eigenvalue weighted by Crippen LogP contribution is -2.57. The first-order chi connectivity index (χ1) is 15.8. The summed E-state index contributed by atoms with van der Waals surface area (Å²) >= 11 is 0. The van der Waals surface area contributed by atoms with Crippen LogP contribution in [0.2, 0.25) is 0 Å². The minimum absolute atomic E-state index is 0.397. The predicted octanol–water partition coefficient (Wildman–Crippen LogP) is 6.41. The Morgan fingerprint density at radius 3 is 2.03 bits per heavy atom. The fraction of sp³-hybridized carbons (Fsp3) is 0.379. The van der Waals surface area contributed by atoms with Crippen LogP contribution in [0.15, 0.2) is 91.0 Å². The van der Waals surface area contributed by atoms with Crippen LogP contribution in [0.1, 0.15) is 48.8 Å². The molecule has 1 fully saturated rings. The third-order valence-electron chi connectivity index (χ3n) is 6.47. The second-order valence-corrected chi connectivity index (χ2v) is 8.91. The first kappa shape index (κ1) is 22.7. The van der Waals surface area contributed by atoms with E-state index in [1.807, 2.05) is 6.07 Å². The van der Waals surface area contributed by atoms with Crippen LogP contribution >= 0.6 is 0 Å². The number of benzene rings is 3. The number of rotatable bonds is 10. The highest BCUT2D eigenvalue weighted by molar-refractivity contribution is 5.19. The predicted molar refractivity (Wildman–Crippen MR) is 130 cm³/mol. The van der Waals surface area contributed by atoms with Crippen molar-refractivity contribution in [3.05, 3.63) is 108 Å². The van der Waals surface area contributed by atoms with Crippen molar-refractivity contribution in [1.82, 2.24) is 4.90 Å². The zero-order valence-corrected chi connectivity index (χ0v) is 19.2. The summed E-state index contributed by atoms with van der Waals surface area (Å²) < 4.78 is 13.0. The van der Waals surface area contributed by atoms with Gasteiger partial charge in [0.2, 0.25) is 0 Å². The smallest absolute Gasteiger partial charge is 0.145 e. The first-order valence-electron chi connectivity index (χ1n) is 11.8. The van der Waals surface area contributed by atoms with Crippen LogP contribution in [0.25, 0.3) is 0 Å². The highest BCUT2D eigenvalue weighted by Crippen LogP contribution is 2.33. The molecule has 3 nitrogen and oxygen atoms in total. The Bertz CT molecular complexity index is 916. The number of ether oxygens (including phenoxy) is 2. The van der Waals surface area contributed by atoms with Crippen molar-refractivity contribution in [2.45, 2.75) is 51.0 Å². The minimum atomic E-state index is -0.397. The van der Waals surface area contributed by atoms with Gasteiger partial charge in [-0.1, -0.05) is 97.9 Å². The zero-order chi connectivity index (χ0) is 22.1. The number of hydrogen-bond acceptors (Lipinski definition) is 3. The summed E-state index contributed by atoms with van der Waals surface area (Å²) in [6, 6.07) is 31.7. The molecule has 0 spiro atoms. The van der Waals surface area contributed by atoms with Crippen molar-refractivity contribution in [3.63, 3.8) is 0 Å². The van der Waals surface area contributed by atoms with E-state index in [0.29, 0.717) is 25.7 Å². The quantitative estimate of drug-likeness (QED) is 0.372. The molecular weight excluding hydrogens is 394 g/mol. The molecule has 3 aromatic carbocycles. The summed E-state index contributed by atoms with van der Waals surface area (Å²) in [5, 5.41) is 0. The lowest BCUT2D eigenvalue weighted by Gasteiger charge is -2.47. The molecule has 4 rings (SSSR count). The molecule has 1 saturated heterocycles. The topological polar surface area (TPSA) is 21.7 Å². The maximum absolute atomic E-state index is 6.74. The first-order valence-corrected chi connectivity index (χ1v) is 11.8. The molecule has 0 aliphatic carbocycles. The monoisotopic (exact) mass is 429 g/mol. The molecule has 0 amide bonds. The molecule has 0 saturated carbocycles. The lowest BCUT2D eigenvalue weighted by molar-refractivity contribution is -0.215. The van der Waals surface area contributed by atoms with Gasteiger partial charge in [-0.15, -0.1) is 0 Å². The van der Waals surface area contributed by atoms with Gasteiger partial charge >= 0.3 is 0 Å². The normalized spacial score (nSPS) is 20.2. The molecule has 0 aromatic heterocycles.